The van der Waals surface area contributed by atoms with Crippen molar-refractivity contribution in [2.75, 3.05) is 20.1 Å². The van der Waals surface area contributed by atoms with E-state index in [0.717, 1.165) is 31.0 Å². The third-order valence-corrected chi connectivity index (χ3v) is 3.84. The number of fused-ring (bicyclic) bond motifs is 1. The number of rotatable bonds is 1. The van der Waals surface area contributed by atoms with Crippen LogP contribution < -0.4 is 0 Å². The van der Waals surface area contributed by atoms with Crippen LogP contribution in [0, 0.1) is 0 Å². The van der Waals surface area contributed by atoms with Gasteiger partial charge in [-0.25, -0.2) is 9.67 Å². The predicted octanol–water partition coefficient (Wildman–Crippen LogP) is 0.394. The van der Waals surface area contributed by atoms with Gasteiger partial charge in [-0.2, -0.15) is 5.10 Å². The summed E-state index contributed by atoms with van der Waals surface area (Å²) in [5, 5.41) is 14.2. The van der Waals surface area contributed by atoms with Gasteiger partial charge in [0.25, 0.3) is 0 Å². The van der Waals surface area contributed by atoms with Crippen LogP contribution >= 0.6 is 0 Å². The second-order valence-electron chi connectivity index (χ2n) is 5.36. The normalized spacial score (nSPS) is 30.2. The molecule has 0 radical (unpaired) electrons. The Kier molecular flexibility index (Phi) is 2.88. The van der Waals surface area contributed by atoms with Crippen molar-refractivity contribution >= 4 is 0 Å². The van der Waals surface area contributed by atoms with Gasteiger partial charge in [0.2, 0.25) is 0 Å². The molecule has 1 N–H and O–H groups in total. The highest BCUT2D eigenvalue weighted by molar-refractivity contribution is 5.04. The first-order valence-corrected chi connectivity index (χ1v) is 6.52. The molecule has 0 amide bonds. The molecule has 94 valence electrons. The smallest absolute Gasteiger partial charge is 0.155 e. The first-order valence-electron chi connectivity index (χ1n) is 6.52. The summed E-state index contributed by atoms with van der Waals surface area (Å²) in [5.74, 6) is 2.52. The van der Waals surface area contributed by atoms with Crippen LogP contribution in [-0.4, -0.2) is 51.0 Å². The van der Waals surface area contributed by atoms with Gasteiger partial charge in [0, 0.05) is 18.9 Å². The van der Waals surface area contributed by atoms with Crippen molar-refractivity contribution < 1.29 is 5.11 Å². The highest BCUT2D eigenvalue weighted by Gasteiger charge is 2.26. The van der Waals surface area contributed by atoms with Crippen molar-refractivity contribution in [3.8, 4) is 0 Å². The number of piperidine rings is 1. The molecular weight excluding hydrogens is 216 g/mol. The fourth-order valence-corrected chi connectivity index (χ4v) is 2.86. The number of aromatic nitrogens is 3. The summed E-state index contributed by atoms with van der Waals surface area (Å²) in [6.45, 7) is 2.86. The molecule has 5 nitrogen and oxygen atoms in total. The van der Waals surface area contributed by atoms with Crippen molar-refractivity contribution in [2.45, 2.75) is 44.2 Å². The topological polar surface area (TPSA) is 54.2 Å². The largest absolute Gasteiger partial charge is 0.391 e. The molecule has 2 unspecified atom stereocenters. The Balaban J connectivity index is 1.79. The molecule has 1 aromatic heterocycles. The van der Waals surface area contributed by atoms with E-state index in [1.165, 1.54) is 19.4 Å². The first kappa shape index (κ1) is 11.2. The van der Waals surface area contributed by atoms with Crippen LogP contribution in [0.3, 0.4) is 0 Å². The van der Waals surface area contributed by atoms with Crippen molar-refractivity contribution in [1.82, 2.24) is 19.7 Å². The van der Waals surface area contributed by atoms with Crippen molar-refractivity contribution in [3.63, 3.8) is 0 Å². The lowest BCUT2D eigenvalue weighted by molar-refractivity contribution is 0.124. The molecule has 1 fully saturated rings. The maximum Gasteiger partial charge on any atom is 0.155 e. The second-order valence-corrected chi connectivity index (χ2v) is 5.36. The number of likely N-dealkylation sites (N-methyl/N-ethyl adjacent to an activating group) is 1. The van der Waals surface area contributed by atoms with E-state index >= 15 is 0 Å². The van der Waals surface area contributed by atoms with Crippen molar-refractivity contribution in [3.05, 3.63) is 11.6 Å². The lowest BCUT2D eigenvalue weighted by Crippen LogP contribution is -2.31. The van der Waals surface area contributed by atoms with E-state index in [0.29, 0.717) is 12.5 Å². The fraction of sp³-hybridized carbons (Fsp3) is 0.833. The van der Waals surface area contributed by atoms with Gasteiger partial charge in [0.05, 0.1) is 12.6 Å². The Morgan fingerprint density at radius 3 is 3.00 bits per heavy atom. The molecule has 17 heavy (non-hydrogen) atoms. The molecule has 3 heterocycles. The van der Waals surface area contributed by atoms with Gasteiger partial charge in [-0.15, -0.1) is 0 Å². The van der Waals surface area contributed by atoms with Gasteiger partial charge >= 0.3 is 0 Å². The van der Waals surface area contributed by atoms with Crippen LogP contribution in [-0.2, 0) is 13.0 Å². The van der Waals surface area contributed by atoms with E-state index < -0.39 is 0 Å². The van der Waals surface area contributed by atoms with Crippen LogP contribution in [0.1, 0.15) is 36.8 Å². The third-order valence-electron chi connectivity index (χ3n) is 3.84. The Morgan fingerprint density at radius 1 is 1.29 bits per heavy atom. The molecule has 3 rings (SSSR count). The molecule has 0 bridgehead atoms. The van der Waals surface area contributed by atoms with Crippen LogP contribution in [0.2, 0.25) is 0 Å². The number of hydrogen-bond acceptors (Lipinski definition) is 4. The lowest BCUT2D eigenvalue weighted by atomic mass is 9.98. The average molecular weight is 236 g/mol. The number of hydrogen-bond donors (Lipinski definition) is 1. The standard InChI is InChI=1S/C12H20N4O/c1-15-6-2-3-9(7-15)12-13-11-5-4-10(17)8-16(11)14-12/h9-10,17H,2-8H2,1H3. The molecule has 2 atom stereocenters. The summed E-state index contributed by atoms with van der Waals surface area (Å²) in [4.78, 5) is 7.01. The van der Waals surface area contributed by atoms with Gasteiger partial charge in [0.1, 0.15) is 5.82 Å². The molecule has 1 saturated heterocycles. The van der Waals surface area contributed by atoms with E-state index in [9.17, 15) is 5.11 Å². The van der Waals surface area contributed by atoms with Gasteiger partial charge < -0.3 is 10.0 Å². The molecule has 5 heteroatoms. The number of likely N-dealkylation sites (tertiary alicyclic amines) is 1. The molecule has 2 aliphatic rings. The molecule has 0 spiro atoms. The lowest BCUT2D eigenvalue weighted by Gasteiger charge is -2.27. The minimum atomic E-state index is -0.244. The quantitative estimate of drug-likeness (QED) is 0.766. The van der Waals surface area contributed by atoms with Gasteiger partial charge in [0.15, 0.2) is 5.82 Å². The zero-order valence-electron chi connectivity index (χ0n) is 10.3. The van der Waals surface area contributed by atoms with Crippen molar-refractivity contribution in [2.24, 2.45) is 0 Å². The number of aryl methyl sites for hydroxylation is 1. The highest BCUT2D eigenvalue weighted by atomic mass is 16.3. The minimum Gasteiger partial charge on any atom is -0.391 e. The van der Waals surface area contributed by atoms with Gasteiger partial charge in [-0.05, 0) is 32.9 Å². The molecule has 1 aromatic rings. The highest BCUT2D eigenvalue weighted by Crippen LogP contribution is 2.25. The van der Waals surface area contributed by atoms with Gasteiger partial charge in [-0.1, -0.05) is 0 Å². The number of aliphatic hydroxyl groups is 1. The monoisotopic (exact) mass is 236 g/mol. The first-order chi connectivity index (χ1) is 8.22. The summed E-state index contributed by atoms with van der Waals surface area (Å²) >= 11 is 0. The van der Waals surface area contributed by atoms with Crippen molar-refractivity contribution in [1.29, 1.82) is 0 Å². The Hall–Kier alpha value is -0.940. The molecule has 0 aliphatic carbocycles. The van der Waals surface area contributed by atoms with Gasteiger partial charge in [-0.3, -0.25) is 0 Å². The molecule has 2 aliphatic heterocycles. The molecule has 0 saturated carbocycles. The third kappa shape index (κ3) is 2.21. The van der Waals surface area contributed by atoms with Crippen LogP contribution in [0.25, 0.3) is 0 Å². The Morgan fingerprint density at radius 2 is 2.18 bits per heavy atom. The van der Waals surface area contributed by atoms with Crippen LogP contribution in [0.15, 0.2) is 0 Å². The molecule has 0 aromatic carbocycles. The van der Waals surface area contributed by atoms with Crippen LogP contribution in [0.5, 0.6) is 0 Å². The maximum atomic E-state index is 9.62. The summed E-state index contributed by atoms with van der Waals surface area (Å²) in [7, 11) is 2.16. The molecular formula is C12H20N4O. The zero-order chi connectivity index (χ0) is 11.8. The zero-order valence-corrected chi connectivity index (χ0v) is 10.3. The Bertz CT molecular complexity index is 403. The SMILES string of the molecule is CN1CCCC(c2nc3n(n2)CC(O)CC3)C1. The number of nitrogens with zero attached hydrogens (tertiary/aromatic N) is 4. The Labute approximate surface area is 101 Å². The minimum absolute atomic E-state index is 0.244. The van der Waals surface area contributed by atoms with E-state index in [1.54, 1.807) is 0 Å². The van der Waals surface area contributed by atoms with E-state index in [1.807, 2.05) is 4.68 Å². The van der Waals surface area contributed by atoms with E-state index in [2.05, 4.69) is 22.0 Å². The second kappa shape index (κ2) is 4.38. The predicted molar refractivity (Wildman–Crippen MR) is 63.8 cm³/mol. The average Bonchev–Trinajstić information content (AvgIpc) is 2.72. The number of aliphatic hydroxyl groups excluding tert-OH is 1. The maximum absolute atomic E-state index is 9.62. The summed E-state index contributed by atoms with van der Waals surface area (Å²) in [6.07, 6.45) is 3.86. The summed E-state index contributed by atoms with van der Waals surface area (Å²) in [5.41, 5.74) is 0. The van der Waals surface area contributed by atoms with Crippen LogP contribution in [0.4, 0.5) is 0 Å². The summed E-state index contributed by atoms with van der Waals surface area (Å²) < 4.78 is 1.90. The fourth-order valence-electron chi connectivity index (χ4n) is 2.86. The van der Waals surface area contributed by atoms with E-state index in [4.69, 9.17) is 0 Å². The summed E-state index contributed by atoms with van der Waals surface area (Å²) in [6, 6.07) is 0. The van der Waals surface area contributed by atoms with E-state index in [-0.39, 0.29) is 6.10 Å².